The standard InChI is InChI=1S/C19H24F3NO2/c1-17(2,3)18(25)15(23(16(18)24)14-9-4-5-10-14)12-7-6-8-13(11-12)19(20,21)22/h6-8,11,14-15,25H,4-5,9-10H2,1-3H3. The van der Waals surface area contributed by atoms with Gasteiger partial charge in [-0.15, -0.1) is 0 Å². The van der Waals surface area contributed by atoms with E-state index in [1.165, 1.54) is 6.07 Å². The summed E-state index contributed by atoms with van der Waals surface area (Å²) >= 11 is 0. The molecule has 138 valence electrons. The molecule has 1 aromatic rings. The number of hydrogen-bond donors (Lipinski definition) is 1. The van der Waals surface area contributed by atoms with Crippen molar-refractivity contribution in [3.63, 3.8) is 0 Å². The zero-order valence-electron chi connectivity index (χ0n) is 14.7. The van der Waals surface area contributed by atoms with Crippen LogP contribution in [0.4, 0.5) is 13.2 Å². The van der Waals surface area contributed by atoms with Crippen LogP contribution in [0.2, 0.25) is 0 Å². The third-order valence-corrected chi connectivity index (χ3v) is 5.63. The van der Waals surface area contributed by atoms with E-state index in [1.54, 1.807) is 31.7 Å². The highest BCUT2D eigenvalue weighted by molar-refractivity contribution is 5.94. The quantitative estimate of drug-likeness (QED) is 0.803. The molecular formula is C19H24F3NO2. The van der Waals surface area contributed by atoms with E-state index in [0.717, 1.165) is 37.8 Å². The number of β-lactam (4-membered cyclic amide) rings is 1. The molecule has 6 heteroatoms. The Morgan fingerprint density at radius 1 is 1.16 bits per heavy atom. The number of halogens is 3. The molecule has 2 atom stereocenters. The lowest BCUT2D eigenvalue weighted by atomic mass is 9.62. The summed E-state index contributed by atoms with van der Waals surface area (Å²) in [7, 11) is 0. The molecule has 25 heavy (non-hydrogen) atoms. The Hall–Kier alpha value is -1.56. The van der Waals surface area contributed by atoms with E-state index < -0.39 is 28.8 Å². The molecule has 1 aromatic carbocycles. The van der Waals surface area contributed by atoms with Gasteiger partial charge in [0.05, 0.1) is 11.6 Å². The Labute approximate surface area is 145 Å². The Bertz CT molecular complexity index is 674. The second kappa shape index (κ2) is 5.73. The molecule has 2 unspecified atom stereocenters. The normalized spacial score (nSPS) is 28.4. The van der Waals surface area contributed by atoms with Gasteiger partial charge >= 0.3 is 6.18 Å². The van der Waals surface area contributed by atoms with Gasteiger partial charge in [0.15, 0.2) is 5.60 Å². The topological polar surface area (TPSA) is 40.5 Å². The Balaban J connectivity index is 2.06. The van der Waals surface area contributed by atoms with Crippen LogP contribution in [0.3, 0.4) is 0 Å². The van der Waals surface area contributed by atoms with Gasteiger partial charge in [-0.25, -0.2) is 0 Å². The summed E-state index contributed by atoms with van der Waals surface area (Å²) in [5, 5.41) is 11.2. The van der Waals surface area contributed by atoms with E-state index >= 15 is 0 Å². The van der Waals surface area contributed by atoms with Gasteiger partial charge in [0.1, 0.15) is 0 Å². The van der Waals surface area contributed by atoms with Crippen molar-refractivity contribution in [3.05, 3.63) is 35.4 Å². The minimum absolute atomic E-state index is 0.00494. The first-order chi connectivity index (χ1) is 11.5. The number of likely N-dealkylation sites (tertiary alicyclic amines) is 1. The summed E-state index contributed by atoms with van der Waals surface area (Å²) in [6.45, 7) is 5.24. The lowest BCUT2D eigenvalue weighted by Crippen LogP contribution is -2.75. The van der Waals surface area contributed by atoms with Crippen molar-refractivity contribution in [3.8, 4) is 0 Å². The van der Waals surface area contributed by atoms with Crippen molar-refractivity contribution in [1.82, 2.24) is 4.90 Å². The van der Waals surface area contributed by atoms with E-state index in [9.17, 15) is 23.1 Å². The van der Waals surface area contributed by atoms with Crippen LogP contribution in [0.5, 0.6) is 0 Å². The SMILES string of the molecule is CC(C)(C)C1(O)C(=O)N(C2CCCC2)C1c1cccc(C(F)(F)F)c1. The predicted molar refractivity (Wildman–Crippen MR) is 87.7 cm³/mol. The largest absolute Gasteiger partial charge is 0.416 e. The number of hydrogen-bond acceptors (Lipinski definition) is 2. The highest BCUT2D eigenvalue weighted by Crippen LogP contribution is 2.55. The van der Waals surface area contributed by atoms with E-state index in [4.69, 9.17) is 0 Å². The predicted octanol–water partition coefficient (Wildman–Crippen LogP) is 4.31. The van der Waals surface area contributed by atoms with Crippen LogP contribution in [-0.2, 0) is 11.0 Å². The molecule has 0 radical (unpaired) electrons. The number of carbonyl (C=O) groups excluding carboxylic acids is 1. The van der Waals surface area contributed by atoms with Gasteiger partial charge in [-0.2, -0.15) is 13.2 Å². The molecule has 3 nitrogen and oxygen atoms in total. The highest BCUT2D eigenvalue weighted by atomic mass is 19.4. The van der Waals surface area contributed by atoms with Crippen LogP contribution in [-0.4, -0.2) is 27.6 Å². The second-order valence-corrected chi connectivity index (χ2v) is 8.19. The van der Waals surface area contributed by atoms with Crippen LogP contribution in [0.15, 0.2) is 24.3 Å². The van der Waals surface area contributed by atoms with E-state index in [-0.39, 0.29) is 11.9 Å². The van der Waals surface area contributed by atoms with Crippen molar-refractivity contribution >= 4 is 5.91 Å². The van der Waals surface area contributed by atoms with E-state index in [2.05, 4.69) is 0 Å². The van der Waals surface area contributed by atoms with E-state index in [0.29, 0.717) is 5.56 Å². The van der Waals surface area contributed by atoms with Gasteiger partial charge in [0.2, 0.25) is 0 Å². The summed E-state index contributed by atoms with van der Waals surface area (Å²) < 4.78 is 39.3. The summed E-state index contributed by atoms with van der Waals surface area (Å²) in [5.41, 5.74) is -2.89. The minimum Gasteiger partial charge on any atom is -0.377 e. The number of alkyl halides is 3. The number of carbonyl (C=O) groups is 1. The Morgan fingerprint density at radius 3 is 2.28 bits per heavy atom. The van der Waals surface area contributed by atoms with Gasteiger partial charge in [0, 0.05) is 11.5 Å². The molecule has 0 aromatic heterocycles. The van der Waals surface area contributed by atoms with Crippen molar-refractivity contribution < 1.29 is 23.1 Å². The number of aliphatic hydroxyl groups is 1. The first-order valence-electron chi connectivity index (χ1n) is 8.70. The number of rotatable bonds is 2. The number of amides is 1. The summed E-state index contributed by atoms with van der Waals surface area (Å²) in [6, 6.07) is 4.25. The fourth-order valence-electron chi connectivity index (χ4n) is 4.14. The Morgan fingerprint density at radius 2 is 1.76 bits per heavy atom. The molecule has 3 rings (SSSR count). The van der Waals surface area contributed by atoms with Crippen molar-refractivity contribution in [1.29, 1.82) is 0 Å². The van der Waals surface area contributed by atoms with Gasteiger partial charge in [-0.05, 0) is 30.5 Å². The maximum atomic E-state index is 13.1. The number of nitrogens with zero attached hydrogens (tertiary/aromatic N) is 1. The smallest absolute Gasteiger partial charge is 0.377 e. The minimum atomic E-state index is -4.46. The summed E-state index contributed by atoms with van der Waals surface area (Å²) in [6.07, 6.45) is -0.792. The van der Waals surface area contributed by atoms with Crippen LogP contribution < -0.4 is 0 Å². The van der Waals surface area contributed by atoms with Gasteiger partial charge in [0.25, 0.3) is 5.91 Å². The third kappa shape index (κ3) is 2.75. The van der Waals surface area contributed by atoms with Crippen LogP contribution in [0, 0.1) is 5.41 Å². The summed E-state index contributed by atoms with van der Waals surface area (Å²) in [5.74, 6) is -0.366. The van der Waals surface area contributed by atoms with Crippen molar-refractivity contribution in [2.24, 2.45) is 5.41 Å². The maximum Gasteiger partial charge on any atom is 0.416 e. The molecule has 0 bridgehead atoms. The lowest BCUT2D eigenvalue weighted by Gasteiger charge is -2.60. The van der Waals surface area contributed by atoms with Crippen LogP contribution in [0.1, 0.15) is 63.6 Å². The molecule has 2 fully saturated rings. The monoisotopic (exact) mass is 355 g/mol. The maximum absolute atomic E-state index is 13.1. The van der Waals surface area contributed by atoms with E-state index in [1.807, 2.05) is 0 Å². The zero-order valence-corrected chi connectivity index (χ0v) is 14.7. The Kier molecular flexibility index (Phi) is 4.18. The fraction of sp³-hybridized carbons (Fsp3) is 0.632. The molecule has 0 spiro atoms. The molecule has 1 aliphatic heterocycles. The average molecular weight is 355 g/mol. The number of benzene rings is 1. The fourth-order valence-corrected chi connectivity index (χ4v) is 4.14. The molecule has 1 N–H and O–H groups in total. The van der Waals surface area contributed by atoms with Crippen LogP contribution in [0.25, 0.3) is 0 Å². The van der Waals surface area contributed by atoms with Crippen molar-refractivity contribution in [2.45, 2.75) is 70.3 Å². The van der Waals surface area contributed by atoms with Gasteiger partial charge < -0.3 is 10.0 Å². The first kappa shape index (κ1) is 18.2. The highest BCUT2D eigenvalue weighted by Gasteiger charge is 2.67. The first-order valence-corrected chi connectivity index (χ1v) is 8.70. The molecule has 2 aliphatic rings. The lowest BCUT2D eigenvalue weighted by molar-refractivity contribution is -0.223. The zero-order chi connectivity index (χ0) is 18.6. The molecule has 1 saturated heterocycles. The summed E-state index contributed by atoms with van der Waals surface area (Å²) in [4.78, 5) is 14.5. The van der Waals surface area contributed by atoms with Crippen molar-refractivity contribution in [2.75, 3.05) is 0 Å². The third-order valence-electron chi connectivity index (χ3n) is 5.63. The molecule has 1 saturated carbocycles. The average Bonchev–Trinajstić information content (AvgIpc) is 3.03. The molecule has 1 heterocycles. The molecule has 1 amide bonds. The molecular weight excluding hydrogens is 331 g/mol. The second-order valence-electron chi connectivity index (χ2n) is 8.19. The van der Waals surface area contributed by atoms with Crippen LogP contribution >= 0.6 is 0 Å². The van der Waals surface area contributed by atoms with Gasteiger partial charge in [-0.3, -0.25) is 4.79 Å². The van der Waals surface area contributed by atoms with Gasteiger partial charge in [-0.1, -0.05) is 45.7 Å². The molecule has 1 aliphatic carbocycles.